The number of nitrogens with one attached hydrogen (secondary N) is 2. The van der Waals surface area contributed by atoms with Crippen molar-refractivity contribution >= 4 is 11.6 Å². The van der Waals surface area contributed by atoms with Crippen LogP contribution in [0.15, 0.2) is 41.4 Å². The van der Waals surface area contributed by atoms with Crippen LogP contribution in [-0.4, -0.2) is 46.9 Å². The van der Waals surface area contributed by atoms with Crippen LogP contribution >= 0.6 is 0 Å². The summed E-state index contributed by atoms with van der Waals surface area (Å²) in [4.78, 5) is 11.2. The smallest absolute Gasteiger partial charge is 0.191 e. The molecule has 2 aliphatic rings. The summed E-state index contributed by atoms with van der Waals surface area (Å²) in [6.07, 6.45) is 6.41. The lowest BCUT2D eigenvalue weighted by Gasteiger charge is -2.25. The number of anilines is 1. The SMILES string of the molecule is CN=C(NCc1cccc(N2CC=CC2)c1)NC1CCc2nc(C)nn2C1. The number of hydrogen-bond acceptors (Lipinski definition) is 4. The molecule has 4 rings (SSSR count). The van der Waals surface area contributed by atoms with Crippen molar-refractivity contribution in [3.05, 3.63) is 53.6 Å². The van der Waals surface area contributed by atoms with E-state index in [1.54, 1.807) is 0 Å². The molecule has 7 heteroatoms. The highest BCUT2D eigenvalue weighted by molar-refractivity contribution is 5.80. The molecule has 0 radical (unpaired) electrons. The van der Waals surface area contributed by atoms with E-state index < -0.39 is 0 Å². The van der Waals surface area contributed by atoms with Gasteiger partial charge in [0.2, 0.25) is 0 Å². The topological polar surface area (TPSA) is 70.4 Å². The zero-order chi connectivity index (χ0) is 18.6. The van der Waals surface area contributed by atoms with Gasteiger partial charge in [0.05, 0.1) is 6.54 Å². The second-order valence-electron chi connectivity index (χ2n) is 7.11. The molecular formula is C20H27N7. The van der Waals surface area contributed by atoms with Crippen LogP contribution in [0.4, 0.5) is 5.69 Å². The molecule has 0 saturated carbocycles. The zero-order valence-electron chi connectivity index (χ0n) is 16.0. The van der Waals surface area contributed by atoms with E-state index in [0.717, 1.165) is 56.6 Å². The largest absolute Gasteiger partial charge is 0.364 e. The van der Waals surface area contributed by atoms with E-state index in [0.29, 0.717) is 6.04 Å². The molecule has 0 bridgehead atoms. The molecule has 7 nitrogen and oxygen atoms in total. The van der Waals surface area contributed by atoms with Crippen LogP contribution in [0, 0.1) is 6.92 Å². The Morgan fingerprint density at radius 3 is 2.96 bits per heavy atom. The summed E-state index contributed by atoms with van der Waals surface area (Å²) in [5.41, 5.74) is 2.52. The lowest BCUT2D eigenvalue weighted by atomic mass is 10.1. The Morgan fingerprint density at radius 2 is 2.15 bits per heavy atom. The Bertz CT molecular complexity index is 844. The third kappa shape index (κ3) is 4.13. The molecule has 142 valence electrons. The number of aryl methyl sites for hydroxylation is 2. The van der Waals surface area contributed by atoms with E-state index in [4.69, 9.17) is 0 Å². The number of aromatic nitrogens is 3. The summed E-state index contributed by atoms with van der Waals surface area (Å²) in [6, 6.07) is 9.00. The maximum Gasteiger partial charge on any atom is 0.191 e. The van der Waals surface area contributed by atoms with Gasteiger partial charge in [-0.1, -0.05) is 24.3 Å². The molecule has 1 unspecified atom stereocenters. The van der Waals surface area contributed by atoms with E-state index in [1.165, 1.54) is 11.3 Å². The van der Waals surface area contributed by atoms with Gasteiger partial charge in [0.15, 0.2) is 5.96 Å². The van der Waals surface area contributed by atoms with Gasteiger partial charge in [0.1, 0.15) is 11.6 Å². The molecule has 0 aliphatic carbocycles. The number of benzene rings is 1. The first-order valence-corrected chi connectivity index (χ1v) is 9.57. The van der Waals surface area contributed by atoms with Crippen LogP contribution in [0.25, 0.3) is 0 Å². The lowest BCUT2D eigenvalue weighted by Crippen LogP contribution is -2.46. The summed E-state index contributed by atoms with van der Waals surface area (Å²) in [6.45, 7) is 5.50. The van der Waals surface area contributed by atoms with Gasteiger partial charge in [-0.25, -0.2) is 9.67 Å². The number of aliphatic imine (C=N–C) groups is 1. The maximum atomic E-state index is 4.47. The second kappa shape index (κ2) is 7.82. The van der Waals surface area contributed by atoms with Crippen LogP contribution in [0.3, 0.4) is 0 Å². The normalized spacial score (nSPS) is 19.3. The van der Waals surface area contributed by atoms with Crippen molar-refractivity contribution in [2.75, 3.05) is 25.0 Å². The molecule has 1 atom stereocenters. The molecule has 1 aromatic carbocycles. The highest BCUT2D eigenvalue weighted by atomic mass is 15.4. The Balaban J connectivity index is 1.33. The van der Waals surface area contributed by atoms with Crippen molar-refractivity contribution in [1.82, 2.24) is 25.4 Å². The fourth-order valence-corrected chi connectivity index (χ4v) is 3.68. The van der Waals surface area contributed by atoms with Gasteiger partial charge in [0, 0.05) is 44.8 Å². The van der Waals surface area contributed by atoms with E-state index in [1.807, 2.05) is 18.7 Å². The minimum atomic E-state index is 0.312. The molecule has 0 fully saturated rings. The predicted octanol–water partition coefficient (Wildman–Crippen LogP) is 1.64. The number of hydrogen-bond donors (Lipinski definition) is 2. The van der Waals surface area contributed by atoms with Gasteiger partial charge in [-0.05, 0) is 31.0 Å². The first kappa shape index (κ1) is 17.6. The highest BCUT2D eigenvalue weighted by Gasteiger charge is 2.21. The summed E-state index contributed by atoms with van der Waals surface area (Å²) in [5.74, 6) is 2.76. The minimum absolute atomic E-state index is 0.312. The van der Waals surface area contributed by atoms with Gasteiger partial charge >= 0.3 is 0 Å². The number of nitrogens with zero attached hydrogens (tertiary/aromatic N) is 5. The average Bonchev–Trinajstić information content (AvgIpc) is 3.34. The highest BCUT2D eigenvalue weighted by Crippen LogP contribution is 2.18. The molecule has 3 heterocycles. The molecule has 0 amide bonds. The van der Waals surface area contributed by atoms with Gasteiger partial charge in [0.25, 0.3) is 0 Å². The van der Waals surface area contributed by atoms with Crippen LogP contribution in [0.5, 0.6) is 0 Å². The molecule has 2 aliphatic heterocycles. The maximum absolute atomic E-state index is 4.47. The van der Waals surface area contributed by atoms with E-state index >= 15 is 0 Å². The standard InChI is InChI=1S/C20H27N7/c1-15-23-19-9-8-17(14-27(19)25-15)24-20(21-2)22-13-16-6-5-7-18(12-16)26-10-3-4-11-26/h3-7,12,17H,8-11,13-14H2,1-2H3,(H2,21,22,24). The summed E-state index contributed by atoms with van der Waals surface area (Å²) in [7, 11) is 1.82. The molecule has 2 N–H and O–H groups in total. The Morgan fingerprint density at radius 1 is 1.30 bits per heavy atom. The first-order valence-electron chi connectivity index (χ1n) is 9.57. The van der Waals surface area contributed by atoms with Crippen LogP contribution in [-0.2, 0) is 19.5 Å². The van der Waals surface area contributed by atoms with Crippen molar-refractivity contribution in [3.63, 3.8) is 0 Å². The van der Waals surface area contributed by atoms with Gasteiger partial charge in [-0.2, -0.15) is 5.10 Å². The zero-order valence-corrected chi connectivity index (χ0v) is 16.0. The molecular weight excluding hydrogens is 338 g/mol. The van der Waals surface area contributed by atoms with Crippen LogP contribution < -0.4 is 15.5 Å². The third-order valence-corrected chi connectivity index (χ3v) is 5.08. The van der Waals surface area contributed by atoms with Gasteiger partial charge in [-0.3, -0.25) is 4.99 Å². The van der Waals surface area contributed by atoms with Crippen LogP contribution in [0.2, 0.25) is 0 Å². The van der Waals surface area contributed by atoms with Crippen molar-refractivity contribution in [3.8, 4) is 0 Å². The fourth-order valence-electron chi connectivity index (χ4n) is 3.68. The monoisotopic (exact) mass is 365 g/mol. The summed E-state index contributed by atoms with van der Waals surface area (Å²) in [5, 5.41) is 11.4. The molecule has 1 aromatic heterocycles. The van der Waals surface area contributed by atoms with Crippen molar-refractivity contribution < 1.29 is 0 Å². The first-order chi connectivity index (χ1) is 13.2. The molecule has 0 spiro atoms. The van der Waals surface area contributed by atoms with Crippen LogP contribution in [0.1, 0.15) is 23.6 Å². The molecule has 2 aromatic rings. The Kier molecular flexibility index (Phi) is 5.09. The number of fused-ring (bicyclic) bond motifs is 1. The van der Waals surface area contributed by atoms with Crippen molar-refractivity contribution in [2.24, 2.45) is 4.99 Å². The lowest BCUT2D eigenvalue weighted by molar-refractivity contribution is 0.392. The van der Waals surface area contributed by atoms with Crippen molar-refractivity contribution in [2.45, 2.75) is 38.9 Å². The average molecular weight is 365 g/mol. The second-order valence-corrected chi connectivity index (χ2v) is 7.11. The van der Waals surface area contributed by atoms with Gasteiger partial charge in [-0.15, -0.1) is 0 Å². The molecule has 27 heavy (non-hydrogen) atoms. The van der Waals surface area contributed by atoms with E-state index in [2.05, 4.69) is 67.0 Å². The quantitative estimate of drug-likeness (QED) is 0.490. The van der Waals surface area contributed by atoms with E-state index in [-0.39, 0.29) is 0 Å². The number of guanidine groups is 1. The number of rotatable bonds is 4. The van der Waals surface area contributed by atoms with Crippen molar-refractivity contribution in [1.29, 1.82) is 0 Å². The Hall–Kier alpha value is -2.83. The summed E-state index contributed by atoms with van der Waals surface area (Å²) >= 11 is 0. The molecule has 0 saturated heterocycles. The third-order valence-electron chi connectivity index (χ3n) is 5.08. The fraction of sp³-hybridized carbons (Fsp3) is 0.450. The predicted molar refractivity (Wildman–Crippen MR) is 108 cm³/mol. The van der Waals surface area contributed by atoms with E-state index in [9.17, 15) is 0 Å². The minimum Gasteiger partial charge on any atom is -0.364 e. The summed E-state index contributed by atoms with van der Waals surface area (Å²) < 4.78 is 2.01. The van der Waals surface area contributed by atoms with Gasteiger partial charge < -0.3 is 15.5 Å². The Labute approximate surface area is 160 Å².